The molecule has 2 aromatic rings. The van der Waals surface area contributed by atoms with Gasteiger partial charge in [0.1, 0.15) is 0 Å². The topological polar surface area (TPSA) is 76.9 Å². The molecular weight excluding hydrogens is 300 g/mol. The lowest BCUT2D eigenvalue weighted by Crippen LogP contribution is -2.41. The van der Waals surface area contributed by atoms with Crippen LogP contribution in [-0.2, 0) is 16.9 Å². The first-order valence-corrected chi connectivity index (χ1v) is 9.56. The lowest BCUT2D eigenvalue weighted by Gasteiger charge is -2.31. The van der Waals surface area contributed by atoms with Gasteiger partial charge < -0.3 is 5.32 Å². The lowest BCUT2D eigenvalue weighted by atomic mass is 9.94. The van der Waals surface area contributed by atoms with Crippen molar-refractivity contribution in [1.82, 2.24) is 14.8 Å². The maximum atomic E-state index is 12.0. The van der Waals surface area contributed by atoms with E-state index in [4.69, 9.17) is 0 Å². The van der Waals surface area contributed by atoms with Crippen LogP contribution in [0.25, 0.3) is 11.0 Å². The summed E-state index contributed by atoms with van der Waals surface area (Å²) in [6.07, 6.45) is 6.75. The number of aryl methyl sites for hydroxylation is 2. The van der Waals surface area contributed by atoms with Crippen LogP contribution in [0.3, 0.4) is 0 Å². The van der Waals surface area contributed by atoms with E-state index in [1.165, 1.54) is 6.26 Å². The van der Waals surface area contributed by atoms with Gasteiger partial charge in [0.25, 0.3) is 0 Å². The van der Waals surface area contributed by atoms with Crippen LogP contribution >= 0.6 is 0 Å². The molecule has 1 N–H and O–H groups in total. The Balaban J connectivity index is 1.90. The number of pyridine rings is 1. The summed E-state index contributed by atoms with van der Waals surface area (Å²) in [6, 6.07) is 1.97. The van der Waals surface area contributed by atoms with Gasteiger partial charge in [0.05, 0.1) is 22.8 Å². The second-order valence-corrected chi connectivity index (χ2v) is 8.47. The summed E-state index contributed by atoms with van der Waals surface area (Å²) in [5.41, 5.74) is 2.63. The van der Waals surface area contributed by atoms with Crippen LogP contribution in [0, 0.1) is 6.92 Å². The Morgan fingerprint density at radius 3 is 2.77 bits per heavy atom. The molecule has 2 atom stereocenters. The van der Waals surface area contributed by atoms with E-state index in [1.54, 1.807) is 10.9 Å². The molecule has 0 unspecified atom stereocenters. The van der Waals surface area contributed by atoms with E-state index < -0.39 is 9.84 Å². The zero-order valence-electron chi connectivity index (χ0n) is 13.2. The Labute approximate surface area is 130 Å². The number of aromatic nitrogens is 3. The fraction of sp³-hybridized carbons (Fsp3) is 0.600. The first kappa shape index (κ1) is 15.3. The molecule has 1 saturated carbocycles. The number of rotatable bonds is 3. The molecule has 2 heterocycles. The number of nitrogens with one attached hydrogen (secondary N) is 1. The molecule has 1 fully saturated rings. The zero-order valence-corrected chi connectivity index (χ0v) is 14.0. The highest BCUT2D eigenvalue weighted by molar-refractivity contribution is 7.91. The third-order valence-corrected chi connectivity index (χ3v) is 6.13. The fourth-order valence-corrected chi connectivity index (χ4v) is 4.77. The Morgan fingerprint density at radius 2 is 2.05 bits per heavy atom. The van der Waals surface area contributed by atoms with Crippen molar-refractivity contribution in [3.8, 4) is 0 Å². The second kappa shape index (κ2) is 5.53. The average Bonchev–Trinajstić information content (AvgIpc) is 2.73. The second-order valence-electron chi connectivity index (χ2n) is 6.21. The minimum absolute atomic E-state index is 0.0417. The van der Waals surface area contributed by atoms with Crippen LogP contribution in [0.5, 0.6) is 0 Å². The first-order chi connectivity index (χ1) is 10.4. The van der Waals surface area contributed by atoms with Gasteiger partial charge in [-0.2, -0.15) is 5.10 Å². The van der Waals surface area contributed by atoms with Gasteiger partial charge in [0.15, 0.2) is 15.5 Å². The summed E-state index contributed by atoms with van der Waals surface area (Å²) in [7, 11) is -1.17. The van der Waals surface area contributed by atoms with Crippen molar-refractivity contribution in [2.75, 3.05) is 11.6 Å². The van der Waals surface area contributed by atoms with Crippen molar-refractivity contribution in [2.45, 2.75) is 43.9 Å². The summed E-state index contributed by atoms with van der Waals surface area (Å²) in [5.74, 6) is 0. The molecule has 0 radical (unpaired) electrons. The molecule has 1 aliphatic carbocycles. The van der Waals surface area contributed by atoms with Crippen molar-refractivity contribution in [1.29, 1.82) is 0 Å². The molecule has 0 bridgehead atoms. The van der Waals surface area contributed by atoms with Gasteiger partial charge in [0, 0.05) is 24.7 Å². The number of nitrogens with zero attached hydrogens (tertiary/aromatic N) is 3. The van der Waals surface area contributed by atoms with E-state index in [9.17, 15) is 8.42 Å². The van der Waals surface area contributed by atoms with Gasteiger partial charge in [0.2, 0.25) is 0 Å². The van der Waals surface area contributed by atoms with Crippen molar-refractivity contribution in [3.05, 3.63) is 18.0 Å². The molecule has 0 amide bonds. The van der Waals surface area contributed by atoms with Gasteiger partial charge in [-0.1, -0.05) is 12.8 Å². The van der Waals surface area contributed by atoms with E-state index in [0.29, 0.717) is 0 Å². The molecule has 7 heteroatoms. The predicted octanol–water partition coefficient (Wildman–Crippen LogP) is 2.04. The number of sulfone groups is 1. The molecule has 3 rings (SSSR count). The highest BCUT2D eigenvalue weighted by Gasteiger charge is 2.32. The summed E-state index contributed by atoms with van der Waals surface area (Å²) in [5, 5.41) is 8.44. The van der Waals surface area contributed by atoms with Crippen LogP contribution in [0.4, 0.5) is 5.69 Å². The van der Waals surface area contributed by atoms with Crippen LogP contribution in [-0.4, -0.2) is 40.7 Å². The van der Waals surface area contributed by atoms with E-state index in [1.807, 2.05) is 20.0 Å². The summed E-state index contributed by atoms with van der Waals surface area (Å²) in [4.78, 5) is 4.44. The Morgan fingerprint density at radius 1 is 1.32 bits per heavy atom. The van der Waals surface area contributed by atoms with Crippen LogP contribution in [0.2, 0.25) is 0 Å². The van der Waals surface area contributed by atoms with Gasteiger partial charge >= 0.3 is 0 Å². The van der Waals surface area contributed by atoms with Gasteiger partial charge in [-0.05, 0) is 25.8 Å². The quantitative estimate of drug-likeness (QED) is 0.936. The third-order valence-electron chi connectivity index (χ3n) is 4.47. The minimum atomic E-state index is -3.04. The summed E-state index contributed by atoms with van der Waals surface area (Å²) < 4.78 is 25.7. The molecule has 1 aliphatic rings. The van der Waals surface area contributed by atoms with Crippen LogP contribution in [0.15, 0.2) is 12.3 Å². The average molecular weight is 322 g/mol. The standard InChI is InChI=1S/C15H22N4O2S/c1-10-12-8-11(9-16-15(12)19(2)18-10)17-13-6-4-5-7-14(13)22(3,20)21/h8-9,13-14,17H,4-7H2,1-3H3/t13-,14-/m1/s1. The zero-order chi connectivity index (χ0) is 15.9. The van der Waals surface area contributed by atoms with E-state index in [-0.39, 0.29) is 11.3 Å². The lowest BCUT2D eigenvalue weighted by molar-refractivity contribution is 0.452. The van der Waals surface area contributed by atoms with Crippen LogP contribution < -0.4 is 5.32 Å². The van der Waals surface area contributed by atoms with Crippen molar-refractivity contribution in [3.63, 3.8) is 0 Å². The SMILES string of the molecule is Cc1nn(C)c2ncc(N[C@@H]3CCCC[C@H]3S(C)(=O)=O)cc12. The molecule has 0 saturated heterocycles. The number of hydrogen-bond donors (Lipinski definition) is 1. The summed E-state index contributed by atoms with van der Waals surface area (Å²) in [6.45, 7) is 1.95. The third kappa shape index (κ3) is 2.82. The number of anilines is 1. The normalized spacial score (nSPS) is 22.9. The van der Waals surface area contributed by atoms with Gasteiger partial charge in [-0.3, -0.25) is 4.68 Å². The summed E-state index contributed by atoms with van der Waals surface area (Å²) >= 11 is 0. The minimum Gasteiger partial charge on any atom is -0.380 e. The monoisotopic (exact) mass is 322 g/mol. The molecule has 2 aromatic heterocycles. The number of fused-ring (bicyclic) bond motifs is 1. The highest BCUT2D eigenvalue weighted by atomic mass is 32.2. The largest absolute Gasteiger partial charge is 0.380 e. The molecule has 0 spiro atoms. The maximum Gasteiger partial charge on any atom is 0.157 e. The molecule has 22 heavy (non-hydrogen) atoms. The molecule has 120 valence electrons. The van der Waals surface area contributed by atoms with E-state index >= 15 is 0 Å². The maximum absolute atomic E-state index is 12.0. The highest BCUT2D eigenvalue weighted by Crippen LogP contribution is 2.28. The molecule has 6 nitrogen and oxygen atoms in total. The first-order valence-electron chi connectivity index (χ1n) is 7.61. The Hall–Kier alpha value is -1.63. The van der Waals surface area contributed by atoms with Crippen LogP contribution in [0.1, 0.15) is 31.4 Å². The fourth-order valence-electron chi connectivity index (χ4n) is 3.38. The van der Waals surface area contributed by atoms with Crippen molar-refractivity contribution in [2.24, 2.45) is 7.05 Å². The van der Waals surface area contributed by atoms with E-state index in [2.05, 4.69) is 15.4 Å². The van der Waals surface area contributed by atoms with E-state index in [0.717, 1.165) is 48.1 Å². The van der Waals surface area contributed by atoms with Gasteiger partial charge in [-0.25, -0.2) is 13.4 Å². The van der Waals surface area contributed by atoms with Crippen molar-refractivity contribution >= 4 is 26.6 Å². The predicted molar refractivity (Wildman–Crippen MR) is 87.8 cm³/mol. The van der Waals surface area contributed by atoms with Crippen molar-refractivity contribution < 1.29 is 8.42 Å². The molecular formula is C15H22N4O2S. The smallest absolute Gasteiger partial charge is 0.157 e. The molecule has 0 aliphatic heterocycles. The molecule has 0 aromatic carbocycles. The van der Waals surface area contributed by atoms with Gasteiger partial charge in [-0.15, -0.1) is 0 Å². The Bertz CT molecular complexity index is 797. The number of hydrogen-bond acceptors (Lipinski definition) is 5. The Kier molecular flexibility index (Phi) is 3.84.